The van der Waals surface area contributed by atoms with Crippen molar-refractivity contribution in [2.24, 2.45) is 0 Å². The summed E-state index contributed by atoms with van der Waals surface area (Å²) in [7, 11) is -3.28. The SMILES string of the molecule is CC(NS(=O)(=O)CCSc1ccc(N)cc1)c1ccsc1. The van der Waals surface area contributed by atoms with E-state index in [1.165, 1.54) is 11.8 Å². The van der Waals surface area contributed by atoms with Gasteiger partial charge in [0.2, 0.25) is 10.0 Å². The molecule has 2 aromatic rings. The van der Waals surface area contributed by atoms with Gasteiger partial charge in [0.15, 0.2) is 0 Å². The third kappa shape index (κ3) is 5.35. The van der Waals surface area contributed by atoms with Crippen LogP contribution < -0.4 is 10.5 Å². The highest BCUT2D eigenvalue weighted by Gasteiger charge is 2.15. The molecule has 0 saturated carbocycles. The first-order chi connectivity index (χ1) is 9.96. The number of nitrogens with two attached hydrogens (primary N) is 1. The Kier molecular flexibility index (Phi) is 5.69. The van der Waals surface area contributed by atoms with Crippen molar-refractivity contribution in [2.75, 3.05) is 17.2 Å². The molecule has 0 saturated heterocycles. The van der Waals surface area contributed by atoms with Gasteiger partial charge in [0.25, 0.3) is 0 Å². The molecule has 0 fully saturated rings. The molecule has 1 unspecified atom stereocenters. The zero-order valence-electron chi connectivity index (χ0n) is 11.7. The maximum atomic E-state index is 12.0. The summed E-state index contributed by atoms with van der Waals surface area (Å²) in [4.78, 5) is 1.02. The average molecular weight is 343 g/mol. The average Bonchev–Trinajstić information content (AvgIpc) is 2.94. The molecular weight excluding hydrogens is 324 g/mol. The smallest absolute Gasteiger partial charge is 0.212 e. The standard InChI is InChI=1S/C14H18N2O2S3/c1-11(12-6-7-19-10-12)16-21(17,18)9-8-20-14-4-2-13(15)3-5-14/h2-7,10-11,16H,8-9,15H2,1H3. The van der Waals surface area contributed by atoms with E-state index in [0.29, 0.717) is 11.4 Å². The molecule has 1 aromatic heterocycles. The molecule has 0 aliphatic rings. The fraction of sp³-hybridized carbons (Fsp3) is 0.286. The van der Waals surface area contributed by atoms with Crippen molar-refractivity contribution in [1.82, 2.24) is 4.72 Å². The summed E-state index contributed by atoms with van der Waals surface area (Å²) >= 11 is 3.07. The van der Waals surface area contributed by atoms with Crippen molar-refractivity contribution in [3.63, 3.8) is 0 Å². The number of nitrogens with one attached hydrogen (secondary N) is 1. The molecule has 0 amide bonds. The van der Waals surface area contributed by atoms with Gasteiger partial charge in [-0.05, 0) is 53.6 Å². The van der Waals surface area contributed by atoms with E-state index in [1.54, 1.807) is 11.3 Å². The van der Waals surface area contributed by atoms with Crippen LogP contribution in [0, 0.1) is 0 Å². The lowest BCUT2D eigenvalue weighted by molar-refractivity contribution is 0.569. The topological polar surface area (TPSA) is 72.2 Å². The first kappa shape index (κ1) is 16.4. The summed E-state index contributed by atoms with van der Waals surface area (Å²) < 4.78 is 26.8. The van der Waals surface area contributed by atoms with E-state index in [0.717, 1.165) is 10.5 Å². The summed E-state index contributed by atoms with van der Waals surface area (Å²) in [6.07, 6.45) is 0. The number of rotatable bonds is 7. The monoisotopic (exact) mass is 342 g/mol. The van der Waals surface area contributed by atoms with Crippen LogP contribution in [0.5, 0.6) is 0 Å². The highest BCUT2D eigenvalue weighted by molar-refractivity contribution is 8.00. The molecule has 1 aromatic carbocycles. The zero-order valence-corrected chi connectivity index (χ0v) is 14.1. The van der Waals surface area contributed by atoms with Crippen LogP contribution in [-0.4, -0.2) is 19.9 Å². The predicted octanol–water partition coefficient (Wildman–Crippen LogP) is 3.10. The fourth-order valence-electron chi connectivity index (χ4n) is 1.75. The Morgan fingerprint density at radius 3 is 2.62 bits per heavy atom. The highest BCUT2D eigenvalue weighted by Crippen LogP contribution is 2.20. The Hall–Kier alpha value is -1.02. The lowest BCUT2D eigenvalue weighted by Crippen LogP contribution is -2.29. The molecule has 0 radical (unpaired) electrons. The Morgan fingerprint density at radius 1 is 1.29 bits per heavy atom. The predicted molar refractivity (Wildman–Crippen MR) is 91.2 cm³/mol. The van der Waals surface area contributed by atoms with Crippen LogP contribution in [0.15, 0.2) is 46.0 Å². The van der Waals surface area contributed by atoms with Gasteiger partial charge in [-0.3, -0.25) is 0 Å². The van der Waals surface area contributed by atoms with Gasteiger partial charge in [-0.2, -0.15) is 11.3 Å². The van der Waals surface area contributed by atoms with E-state index < -0.39 is 10.0 Å². The normalized spacial score (nSPS) is 13.2. The minimum Gasteiger partial charge on any atom is -0.399 e. The summed E-state index contributed by atoms with van der Waals surface area (Å²) in [6.45, 7) is 1.85. The second-order valence-corrected chi connectivity index (χ2v) is 8.45. The first-order valence-corrected chi connectivity index (χ1v) is 10.0. The minimum absolute atomic E-state index is 0.0938. The number of hydrogen-bond donors (Lipinski definition) is 2. The van der Waals surface area contributed by atoms with Crippen molar-refractivity contribution in [2.45, 2.75) is 17.9 Å². The van der Waals surface area contributed by atoms with Crippen LogP contribution in [0.4, 0.5) is 5.69 Å². The van der Waals surface area contributed by atoms with Gasteiger partial charge in [0, 0.05) is 22.4 Å². The van der Waals surface area contributed by atoms with Gasteiger partial charge in [0.1, 0.15) is 0 Å². The number of benzene rings is 1. The second-order valence-electron chi connectivity index (χ2n) is 4.63. The summed E-state index contributed by atoms with van der Waals surface area (Å²) in [5.41, 5.74) is 7.31. The van der Waals surface area contributed by atoms with Crippen LogP contribution in [0.25, 0.3) is 0 Å². The largest absolute Gasteiger partial charge is 0.399 e. The molecule has 7 heteroatoms. The van der Waals surface area contributed by atoms with Crippen molar-refractivity contribution < 1.29 is 8.42 Å². The van der Waals surface area contributed by atoms with Gasteiger partial charge in [-0.15, -0.1) is 11.8 Å². The minimum atomic E-state index is -3.28. The molecule has 4 nitrogen and oxygen atoms in total. The number of thiophene rings is 1. The number of hydrogen-bond acceptors (Lipinski definition) is 5. The molecule has 0 aliphatic heterocycles. The molecule has 1 atom stereocenters. The van der Waals surface area contributed by atoms with Gasteiger partial charge in [-0.25, -0.2) is 13.1 Å². The Balaban J connectivity index is 1.82. The summed E-state index contributed by atoms with van der Waals surface area (Å²) in [6, 6.07) is 9.16. The van der Waals surface area contributed by atoms with Gasteiger partial charge >= 0.3 is 0 Å². The number of nitrogen functional groups attached to an aromatic ring is 1. The van der Waals surface area contributed by atoms with Crippen molar-refractivity contribution in [1.29, 1.82) is 0 Å². The van der Waals surface area contributed by atoms with Gasteiger partial charge in [-0.1, -0.05) is 0 Å². The van der Waals surface area contributed by atoms with Crippen LogP contribution in [-0.2, 0) is 10.0 Å². The fourth-order valence-corrected chi connectivity index (χ4v) is 5.07. The van der Waals surface area contributed by atoms with Crippen molar-refractivity contribution in [3.8, 4) is 0 Å². The van der Waals surface area contributed by atoms with Crippen LogP contribution in [0.3, 0.4) is 0 Å². The number of anilines is 1. The molecule has 0 aliphatic carbocycles. The lowest BCUT2D eigenvalue weighted by Gasteiger charge is -2.13. The molecule has 21 heavy (non-hydrogen) atoms. The third-order valence-electron chi connectivity index (χ3n) is 2.90. The molecule has 2 rings (SSSR count). The third-order valence-corrected chi connectivity index (χ3v) is 6.33. The van der Waals surface area contributed by atoms with Crippen LogP contribution >= 0.6 is 23.1 Å². The molecule has 0 spiro atoms. The maximum Gasteiger partial charge on any atom is 0.212 e. The van der Waals surface area contributed by atoms with E-state index in [9.17, 15) is 8.42 Å². The zero-order chi connectivity index (χ0) is 15.3. The molecule has 114 valence electrons. The molecule has 1 heterocycles. The van der Waals surface area contributed by atoms with Crippen LogP contribution in [0.1, 0.15) is 18.5 Å². The number of sulfonamides is 1. The molecular formula is C14H18N2O2S3. The quantitative estimate of drug-likeness (QED) is 0.599. The maximum absolute atomic E-state index is 12.0. The number of thioether (sulfide) groups is 1. The Labute approximate surface area is 133 Å². The Morgan fingerprint density at radius 2 is 2.00 bits per heavy atom. The second kappa shape index (κ2) is 7.31. The van der Waals surface area contributed by atoms with E-state index in [-0.39, 0.29) is 11.8 Å². The first-order valence-electron chi connectivity index (χ1n) is 6.47. The highest BCUT2D eigenvalue weighted by atomic mass is 32.2. The van der Waals surface area contributed by atoms with Gasteiger partial charge < -0.3 is 5.73 Å². The van der Waals surface area contributed by atoms with E-state index in [2.05, 4.69) is 4.72 Å². The van der Waals surface area contributed by atoms with E-state index in [1.807, 2.05) is 48.0 Å². The van der Waals surface area contributed by atoms with Crippen LogP contribution in [0.2, 0.25) is 0 Å². The molecule has 0 bridgehead atoms. The van der Waals surface area contributed by atoms with Crippen molar-refractivity contribution in [3.05, 3.63) is 46.7 Å². The summed E-state index contributed by atoms with van der Waals surface area (Å²) in [5, 5.41) is 3.90. The molecule has 3 N–H and O–H groups in total. The summed E-state index contributed by atoms with van der Waals surface area (Å²) in [5.74, 6) is 0.603. The lowest BCUT2D eigenvalue weighted by atomic mass is 10.2. The van der Waals surface area contributed by atoms with Gasteiger partial charge in [0.05, 0.1) is 5.75 Å². The van der Waals surface area contributed by atoms with Crippen molar-refractivity contribution >= 4 is 38.8 Å². The van der Waals surface area contributed by atoms with E-state index >= 15 is 0 Å². The Bertz CT molecular complexity index is 652. The van der Waals surface area contributed by atoms with E-state index in [4.69, 9.17) is 5.73 Å².